The molecule has 0 amide bonds. The molecule has 0 nitrogen and oxygen atoms in total. The second-order valence-corrected chi connectivity index (χ2v) is 6.11. The van der Waals surface area contributed by atoms with E-state index in [0.29, 0.717) is 9.74 Å². The molecule has 0 aliphatic heterocycles. The van der Waals surface area contributed by atoms with Crippen molar-refractivity contribution in [3.05, 3.63) is 0 Å². The van der Waals surface area contributed by atoms with Gasteiger partial charge in [0.2, 0.25) is 0 Å². The van der Waals surface area contributed by atoms with Gasteiger partial charge in [-0.25, -0.2) is 0 Å². The van der Waals surface area contributed by atoms with Crippen LogP contribution in [0.15, 0.2) is 0 Å². The third kappa shape index (κ3) is 1.03. The lowest BCUT2D eigenvalue weighted by molar-refractivity contribution is 0.241. The van der Waals surface area contributed by atoms with E-state index in [2.05, 4.69) is 43.6 Å². The van der Waals surface area contributed by atoms with Crippen molar-refractivity contribution in [3.63, 3.8) is 0 Å². The van der Waals surface area contributed by atoms with E-state index in [0.717, 1.165) is 5.92 Å². The van der Waals surface area contributed by atoms with Crippen LogP contribution in [0.2, 0.25) is 0 Å². The van der Waals surface area contributed by atoms with Crippen molar-refractivity contribution in [2.75, 3.05) is 0 Å². The molecule has 0 spiro atoms. The highest BCUT2D eigenvalue weighted by Gasteiger charge is 2.47. The average Bonchev–Trinajstić information content (AvgIpc) is 1.94. The first-order valence-electron chi connectivity index (χ1n) is 4.07. The predicted octanol–water partition coefficient (Wildman–Crippen LogP) is 3.60. The molecule has 2 atom stereocenters. The van der Waals surface area contributed by atoms with Gasteiger partial charge in [-0.3, -0.25) is 0 Å². The molecule has 10 heavy (non-hydrogen) atoms. The van der Waals surface area contributed by atoms with Gasteiger partial charge in [0, 0.05) is 4.32 Å². The maximum atomic E-state index is 3.80. The Hall–Kier alpha value is 0.480. The third-order valence-electron chi connectivity index (χ3n) is 3.62. The summed E-state index contributed by atoms with van der Waals surface area (Å²) in [6.07, 6.45) is 2.69. The van der Waals surface area contributed by atoms with E-state index < -0.39 is 0 Å². The smallest absolute Gasteiger partial charge is 0.0283 e. The zero-order valence-electron chi connectivity index (χ0n) is 7.37. The highest BCUT2D eigenvalue weighted by Crippen LogP contribution is 2.54. The molecule has 0 aromatic rings. The maximum Gasteiger partial charge on any atom is 0.0283 e. The van der Waals surface area contributed by atoms with E-state index in [1.54, 1.807) is 0 Å². The Kier molecular flexibility index (Phi) is 1.91. The zero-order chi connectivity index (χ0) is 7.99. The Morgan fingerprint density at radius 3 is 1.90 bits per heavy atom. The van der Waals surface area contributed by atoms with Gasteiger partial charge in [0.1, 0.15) is 0 Å². The first-order chi connectivity index (χ1) is 4.38. The quantitative estimate of drug-likeness (QED) is 0.530. The molecule has 1 fully saturated rings. The number of rotatable bonds is 0. The Bertz CT molecular complexity index is 136. The van der Waals surface area contributed by atoms with Crippen molar-refractivity contribution in [2.24, 2.45) is 11.3 Å². The molecule has 1 aliphatic rings. The first-order valence-corrected chi connectivity index (χ1v) is 4.86. The molecule has 0 heterocycles. The summed E-state index contributed by atoms with van der Waals surface area (Å²) in [6, 6.07) is 0. The van der Waals surface area contributed by atoms with Gasteiger partial charge in [-0.05, 0) is 31.1 Å². The molecular formula is C9H17Br. The van der Waals surface area contributed by atoms with E-state index >= 15 is 0 Å². The number of hydrogen-bond donors (Lipinski definition) is 0. The Morgan fingerprint density at radius 2 is 1.80 bits per heavy atom. The third-order valence-corrected chi connectivity index (χ3v) is 5.04. The summed E-state index contributed by atoms with van der Waals surface area (Å²) in [5.41, 5.74) is 0.465. The monoisotopic (exact) mass is 204 g/mol. The lowest BCUT2D eigenvalue weighted by Crippen LogP contribution is -2.33. The molecular weight excluding hydrogens is 188 g/mol. The largest absolute Gasteiger partial charge is 0.0850 e. The first kappa shape index (κ1) is 8.58. The molecule has 0 radical (unpaired) electrons. The molecule has 0 bridgehead atoms. The van der Waals surface area contributed by atoms with E-state index in [9.17, 15) is 0 Å². The summed E-state index contributed by atoms with van der Waals surface area (Å²) in [5, 5.41) is 0. The summed E-state index contributed by atoms with van der Waals surface area (Å²) in [6.45, 7) is 9.39. The van der Waals surface area contributed by atoms with Crippen LogP contribution in [0.3, 0.4) is 0 Å². The summed E-state index contributed by atoms with van der Waals surface area (Å²) >= 11 is 3.80. The van der Waals surface area contributed by atoms with Crippen LogP contribution in [0.4, 0.5) is 0 Å². The van der Waals surface area contributed by atoms with Gasteiger partial charge in [0.15, 0.2) is 0 Å². The standard InChI is InChI=1S/C9H17Br/c1-7-5-6-9(4,10)8(7,2)3/h7H,5-6H2,1-4H3/t7-,9+/m0/s1. The molecule has 0 aromatic heterocycles. The van der Waals surface area contributed by atoms with Crippen LogP contribution in [0.1, 0.15) is 40.5 Å². The topological polar surface area (TPSA) is 0 Å². The molecule has 0 saturated heterocycles. The highest BCUT2D eigenvalue weighted by atomic mass is 79.9. The van der Waals surface area contributed by atoms with Crippen LogP contribution in [0.25, 0.3) is 0 Å². The molecule has 1 heteroatoms. The van der Waals surface area contributed by atoms with Gasteiger partial charge in [-0.2, -0.15) is 0 Å². The van der Waals surface area contributed by atoms with Crippen molar-refractivity contribution in [3.8, 4) is 0 Å². The van der Waals surface area contributed by atoms with Crippen LogP contribution in [-0.4, -0.2) is 4.32 Å². The lowest BCUT2D eigenvalue weighted by atomic mass is 9.77. The Balaban J connectivity index is 2.84. The van der Waals surface area contributed by atoms with E-state index in [1.165, 1.54) is 12.8 Å². The van der Waals surface area contributed by atoms with Gasteiger partial charge < -0.3 is 0 Å². The normalized spacial score (nSPS) is 45.9. The minimum atomic E-state index is 0.374. The average molecular weight is 205 g/mol. The van der Waals surface area contributed by atoms with Crippen LogP contribution in [-0.2, 0) is 0 Å². The number of halogens is 1. The fourth-order valence-electron chi connectivity index (χ4n) is 1.68. The molecule has 1 rings (SSSR count). The fourth-order valence-corrected chi connectivity index (χ4v) is 2.30. The Morgan fingerprint density at radius 1 is 1.30 bits per heavy atom. The van der Waals surface area contributed by atoms with Crippen LogP contribution < -0.4 is 0 Å². The van der Waals surface area contributed by atoms with Crippen molar-refractivity contribution in [2.45, 2.75) is 44.9 Å². The summed E-state index contributed by atoms with van der Waals surface area (Å²) in [5.74, 6) is 0.858. The highest BCUT2D eigenvalue weighted by molar-refractivity contribution is 9.10. The molecule has 0 aromatic carbocycles. The summed E-state index contributed by atoms with van der Waals surface area (Å²) in [4.78, 5) is 0. The van der Waals surface area contributed by atoms with Crippen LogP contribution in [0, 0.1) is 11.3 Å². The van der Waals surface area contributed by atoms with Gasteiger partial charge in [-0.1, -0.05) is 36.7 Å². The van der Waals surface area contributed by atoms with Crippen molar-refractivity contribution < 1.29 is 0 Å². The van der Waals surface area contributed by atoms with E-state index in [-0.39, 0.29) is 0 Å². The second kappa shape index (κ2) is 2.23. The summed E-state index contributed by atoms with van der Waals surface area (Å²) < 4.78 is 0.374. The maximum absolute atomic E-state index is 3.80. The van der Waals surface area contributed by atoms with Gasteiger partial charge in [0.25, 0.3) is 0 Å². The molecule has 0 unspecified atom stereocenters. The Labute approximate surface area is 72.5 Å². The predicted molar refractivity (Wildman–Crippen MR) is 49.5 cm³/mol. The lowest BCUT2D eigenvalue weighted by Gasteiger charge is -2.36. The number of alkyl halides is 1. The van der Waals surface area contributed by atoms with Gasteiger partial charge in [-0.15, -0.1) is 0 Å². The second-order valence-electron chi connectivity index (χ2n) is 4.36. The van der Waals surface area contributed by atoms with Crippen molar-refractivity contribution in [1.29, 1.82) is 0 Å². The van der Waals surface area contributed by atoms with Crippen molar-refractivity contribution >= 4 is 15.9 Å². The summed E-state index contributed by atoms with van der Waals surface area (Å²) in [7, 11) is 0. The zero-order valence-corrected chi connectivity index (χ0v) is 8.96. The van der Waals surface area contributed by atoms with E-state index in [4.69, 9.17) is 0 Å². The van der Waals surface area contributed by atoms with Gasteiger partial charge in [0.05, 0.1) is 0 Å². The minimum Gasteiger partial charge on any atom is -0.0850 e. The minimum absolute atomic E-state index is 0.374. The molecule has 1 aliphatic carbocycles. The molecule has 60 valence electrons. The SMILES string of the molecule is C[C@H]1CC[C@@](C)(Br)C1(C)C. The fraction of sp³-hybridized carbons (Fsp3) is 1.00. The number of hydrogen-bond acceptors (Lipinski definition) is 0. The van der Waals surface area contributed by atoms with Gasteiger partial charge >= 0.3 is 0 Å². The molecule has 0 N–H and O–H groups in total. The van der Waals surface area contributed by atoms with E-state index in [1.807, 2.05) is 0 Å². The van der Waals surface area contributed by atoms with Crippen molar-refractivity contribution in [1.82, 2.24) is 0 Å². The van der Waals surface area contributed by atoms with Crippen LogP contribution >= 0.6 is 15.9 Å². The molecule has 1 saturated carbocycles. The van der Waals surface area contributed by atoms with Crippen LogP contribution in [0.5, 0.6) is 0 Å².